The van der Waals surface area contributed by atoms with E-state index in [0.717, 1.165) is 22.6 Å². The normalized spacial score (nSPS) is 10.9. The molecule has 0 heterocycles. The van der Waals surface area contributed by atoms with Crippen LogP contribution in [0.2, 0.25) is 0 Å². The van der Waals surface area contributed by atoms with Gasteiger partial charge in [-0.3, -0.25) is 0 Å². The van der Waals surface area contributed by atoms with E-state index in [1.807, 2.05) is 43.5 Å². The van der Waals surface area contributed by atoms with Crippen molar-refractivity contribution < 1.29 is 4.74 Å². The van der Waals surface area contributed by atoms with E-state index in [2.05, 4.69) is 6.07 Å². The first kappa shape index (κ1) is 12.7. The smallest absolute Gasteiger partial charge is 0.119 e. The molecule has 0 fully saturated rings. The molecular weight excluding hydrogens is 218 g/mol. The van der Waals surface area contributed by atoms with Gasteiger partial charge in [-0.15, -0.1) is 0 Å². The van der Waals surface area contributed by atoms with E-state index in [9.17, 15) is 0 Å². The molecular formula is C13H15NOS. The Morgan fingerprint density at radius 2 is 2.06 bits per heavy atom. The molecule has 0 aliphatic rings. The number of benzene rings is 1. The minimum Gasteiger partial charge on any atom is -0.494 e. The topological polar surface area (TPSA) is 33.0 Å². The third-order valence-electron chi connectivity index (χ3n) is 2.00. The van der Waals surface area contributed by atoms with Crippen molar-refractivity contribution in [3.8, 4) is 11.8 Å². The van der Waals surface area contributed by atoms with Crippen LogP contribution in [0, 0.1) is 11.3 Å². The monoisotopic (exact) mass is 233 g/mol. The Bertz CT molecular complexity index is 389. The van der Waals surface area contributed by atoms with Crippen molar-refractivity contribution in [3.63, 3.8) is 0 Å². The number of nitriles is 1. The van der Waals surface area contributed by atoms with Gasteiger partial charge in [-0.25, -0.2) is 0 Å². The molecule has 16 heavy (non-hydrogen) atoms. The highest BCUT2D eigenvalue weighted by Crippen LogP contribution is 2.23. The fourth-order valence-electron chi connectivity index (χ4n) is 1.11. The lowest BCUT2D eigenvalue weighted by Crippen LogP contribution is -1.90. The van der Waals surface area contributed by atoms with Gasteiger partial charge in [-0.2, -0.15) is 5.26 Å². The van der Waals surface area contributed by atoms with Crippen LogP contribution in [0.15, 0.2) is 40.1 Å². The van der Waals surface area contributed by atoms with Gasteiger partial charge in [-0.1, -0.05) is 18.7 Å². The zero-order valence-electron chi connectivity index (χ0n) is 9.56. The maximum atomic E-state index is 8.77. The zero-order valence-corrected chi connectivity index (χ0v) is 10.4. The molecule has 0 aliphatic heterocycles. The van der Waals surface area contributed by atoms with Crippen LogP contribution >= 0.6 is 11.8 Å². The van der Waals surface area contributed by atoms with Crippen LogP contribution in [0.3, 0.4) is 0 Å². The number of hydrogen-bond acceptors (Lipinski definition) is 3. The average molecular weight is 233 g/mol. The molecule has 3 heteroatoms. The van der Waals surface area contributed by atoms with Crippen molar-refractivity contribution in [1.29, 1.82) is 5.26 Å². The Morgan fingerprint density at radius 3 is 2.56 bits per heavy atom. The summed E-state index contributed by atoms with van der Waals surface area (Å²) in [4.78, 5) is 1.12. The molecule has 2 nitrogen and oxygen atoms in total. The highest BCUT2D eigenvalue weighted by molar-refractivity contribution is 8.02. The van der Waals surface area contributed by atoms with Crippen molar-refractivity contribution in [2.24, 2.45) is 0 Å². The molecule has 0 unspecified atom stereocenters. The van der Waals surface area contributed by atoms with E-state index in [1.54, 1.807) is 11.8 Å². The summed E-state index contributed by atoms with van der Waals surface area (Å²) in [6.45, 7) is 4.63. The predicted molar refractivity (Wildman–Crippen MR) is 67.5 cm³/mol. The van der Waals surface area contributed by atoms with Crippen molar-refractivity contribution in [3.05, 3.63) is 35.2 Å². The van der Waals surface area contributed by atoms with E-state index in [-0.39, 0.29) is 0 Å². The lowest BCUT2D eigenvalue weighted by molar-refractivity contribution is 0.340. The second-order valence-electron chi connectivity index (χ2n) is 3.13. The Hall–Kier alpha value is -1.40. The minimum atomic E-state index is 0.681. The molecule has 0 atom stereocenters. The summed E-state index contributed by atoms with van der Waals surface area (Å²) >= 11 is 1.56. The third-order valence-corrected chi connectivity index (χ3v) is 2.94. The third kappa shape index (κ3) is 4.00. The second kappa shape index (κ2) is 6.97. The number of thioether (sulfide) groups is 1. The van der Waals surface area contributed by atoms with Gasteiger partial charge in [0.15, 0.2) is 0 Å². The first-order valence-electron chi connectivity index (χ1n) is 5.28. The van der Waals surface area contributed by atoms with E-state index in [0.29, 0.717) is 6.61 Å². The summed E-state index contributed by atoms with van der Waals surface area (Å²) < 4.78 is 5.35. The first-order valence-corrected chi connectivity index (χ1v) is 6.16. The van der Waals surface area contributed by atoms with E-state index in [1.165, 1.54) is 0 Å². The van der Waals surface area contributed by atoms with Gasteiger partial charge in [0, 0.05) is 10.5 Å². The number of nitrogens with zero attached hydrogens (tertiary/aromatic N) is 1. The highest BCUT2D eigenvalue weighted by atomic mass is 32.2. The van der Waals surface area contributed by atoms with E-state index in [4.69, 9.17) is 10.00 Å². The first-order chi connectivity index (χ1) is 7.80. The van der Waals surface area contributed by atoms with Crippen LogP contribution in [-0.4, -0.2) is 6.61 Å². The maximum Gasteiger partial charge on any atom is 0.119 e. The molecule has 0 bridgehead atoms. The van der Waals surface area contributed by atoms with Gasteiger partial charge in [0.2, 0.25) is 0 Å². The molecule has 1 rings (SSSR count). The van der Waals surface area contributed by atoms with Crippen LogP contribution < -0.4 is 4.74 Å². The zero-order chi connectivity index (χ0) is 11.8. The molecule has 84 valence electrons. The summed E-state index contributed by atoms with van der Waals surface area (Å²) in [5.74, 6) is 0.881. The summed E-state index contributed by atoms with van der Waals surface area (Å²) in [5, 5.41) is 10.7. The Morgan fingerprint density at radius 1 is 1.38 bits per heavy atom. The van der Waals surface area contributed by atoms with Crippen molar-refractivity contribution in [1.82, 2.24) is 0 Å². The molecule has 0 amide bonds. The lowest BCUT2D eigenvalue weighted by atomic mass is 10.3. The van der Waals surface area contributed by atoms with Crippen LogP contribution in [0.1, 0.15) is 20.3 Å². The minimum absolute atomic E-state index is 0.681. The Kier molecular flexibility index (Phi) is 5.52. The molecule has 1 aromatic rings. The van der Waals surface area contributed by atoms with Gasteiger partial charge < -0.3 is 4.74 Å². The number of allylic oxidation sites excluding steroid dienone is 1. The fraction of sp³-hybridized carbons (Fsp3) is 0.308. The fourth-order valence-corrected chi connectivity index (χ4v) is 1.90. The molecule has 0 saturated heterocycles. The molecule has 0 radical (unpaired) electrons. The number of hydrogen-bond donors (Lipinski definition) is 0. The molecule has 0 saturated carbocycles. The number of rotatable bonds is 5. The number of ether oxygens (including phenoxy) is 1. The molecule has 0 aromatic heterocycles. The standard InChI is InChI=1S/C13H15NOS/c1-3-11(9-14)10-16-13-7-5-12(6-8-13)15-4-2/h5-8,10H,3-4H2,1-2H3. The van der Waals surface area contributed by atoms with Gasteiger partial charge in [0.1, 0.15) is 5.75 Å². The van der Waals surface area contributed by atoms with Gasteiger partial charge in [-0.05, 0) is 43.0 Å². The lowest BCUT2D eigenvalue weighted by Gasteiger charge is -2.03. The summed E-state index contributed by atoms with van der Waals surface area (Å²) in [6.07, 6.45) is 0.778. The molecule has 0 N–H and O–H groups in total. The van der Waals surface area contributed by atoms with Crippen molar-refractivity contribution in [2.75, 3.05) is 6.61 Å². The summed E-state index contributed by atoms with van der Waals surface area (Å²) in [5.41, 5.74) is 0.805. The van der Waals surface area contributed by atoms with Crippen molar-refractivity contribution >= 4 is 11.8 Å². The second-order valence-corrected chi connectivity index (χ2v) is 4.07. The molecule has 1 aromatic carbocycles. The Balaban J connectivity index is 2.62. The highest BCUT2D eigenvalue weighted by Gasteiger charge is 1.95. The SMILES string of the molecule is CCOc1ccc(SC=C(C#N)CC)cc1. The molecule has 0 aliphatic carbocycles. The predicted octanol–water partition coefficient (Wildman–Crippen LogP) is 3.99. The van der Waals surface area contributed by atoms with E-state index >= 15 is 0 Å². The summed E-state index contributed by atoms with van der Waals surface area (Å²) in [7, 11) is 0. The quantitative estimate of drug-likeness (QED) is 0.569. The van der Waals surface area contributed by atoms with Gasteiger partial charge in [0.25, 0.3) is 0 Å². The van der Waals surface area contributed by atoms with Crippen molar-refractivity contribution in [2.45, 2.75) is 25.2 Å². The average Bonchev–Trinajstić information content (AvgIpc) is 2.33. The van der Waals surface area contributed by atoms with Gasteiger partial charge in [0.05, 0.1) is 12.7 Å². The van der Waals surface area contributed by atoms with Crippen LogP contribution in [0.5, 0.6) is 5.75 Å². The van der Waals surface area contributed by atoms with Gasteiger partial charge >= 0.3 is 0 Å². The Labute approximate surface area is 101 Å². The van der Waals surface area contributed by atoms with Crippen LogP contribution in [-0.2, 0) is 0 Å². The van der Waals surface area contributed by atoms with Crippen LogP contribution in [0.4, 0.5) is 0 Å². The van der Waals surface area contributed by atoms with Crippen LogP contribution in [0.25, 0.3) is 0 Å². The summed E-state index contributed by atoms with van der Waals surface area (Å²) in [6, 6.07) is 10.0. The largest absolute Gasteiger partial charge is 0.494 e. The maximum absolute atomic E-state index is 8.77. The van der Waals surface area contributed by atoms with E-state index < -0.39 is 0 Å². The molecule has 0 spiro atoms.